The number of aryl methyl sites for hydroxylation is 2. The number of hydrogen-bond acceptors (Lipinski definition) is 5. The number of rotatable bonds is 3. The summed E-state index contributed by atoms with van der Waals surface area (Å²) in [6.07, 6.45) is 3.45. The Morgan fingerprint density at radius 3 is 3.12 bits per heavy atom. The second-order valence-corrected chi connectivity index (χ2v) is 7.23. The lowest BCUT2D eigenvalue weighted by Crippen LogP contribution is -2.53. The number of anilines is 1. The molecule has 1 amide bonds. The van der Waals surface area contributed by atoms with E-state index >= 15 is 0 Å². The van der Waals surface area contributed by atoms with Gasteiger partial charge in [-0.05, 0) is 43.4 Å². The van der Waals surface area contributed by atoms with Gasteiger partial charge in [0.25, 0.3) is 0 Å². The molecule has 126 valence electrons. The van der Waals surface area contributed by atoms with E-state index in [1.165, 1.54) is 35.3 Å². The van der Waals surface area contributed by atoms with Crippen LogP contribution in [0.1, 0.15) is 24.5 Å². The first-order valence-electron chi connectivity index (χ1n) is 8.44. The number of carbonyl (C=O) groups excluding carboxylic acids is 1. The summed E-state index contributed by atoms with van der Waals surface area (Å²) >= 11 is 1.46. The van der Waals surface area contributed by atoms with Gasteiger partial charge in [-0.1, -0.05) is 12.1 Å². The number of fused-ring (bicyclic) bond motifs is 1. The number of nitrogens with zero attached hydrogens (tertiary/aromatic N) is 1. The van der Waals surface area contributed by atoms with Crippen LogP contribution in [0.2, 0.25) is 0 Å². The van der Waals surface area contributed by atoms with E-state index in [1.807, 2.05) is 12.3 Å². The van der Waals surface area contributed by atoms with E-state index in [1.54, 1.807) is 0 Å². The van der Waals surface area contributed by atoms with Crippen molar-refractivity contribution in [1.29, 1.82) is 0 Å². The fraction of sp³-hybridized carbons (Fsp3) is 0.444. The molecule has 2 N–H and O–H groups in total. The molecule has 1 aliphatic carbocycles. The van der Waals surface area contributed by atoms with Crippen molar-refractivity contribution in [2.75, 3.05) is 18.5 Å². The molecule has 2 heterocycles. The number of carbonyl (C=O) groups is 1. The summed E-state index contributed by atoms with van der Waals surface area (Å²) in [7, 11) is 0. The highest BCUT2D eigenvalue weighted by molar-refractivity contribution is 7.14. The third kappa shape index (κ3) is 3.09. The minimum atomic E-state index is -0.328. The molecule has 0 radical (unpaired) electrons. The van der Waals surface area contributed by atoms with E-state index < -0.39 is 0 Å². The van der Waals surface area contributed by atoms with Gasteiger partial charge >= 0.3 is 0 Å². The van der Waals surface area contributed by atoms with Crippen LogP contribution >= 0.6 is 11.3 Å². The van der Waals surface area contributed by atoms with Crippen molar-refractivity contribution in [1.82, 2.24) is 10.3 Å². The van der Waals surface area contributed by atoms with E-state index in [9.17, 15) is 4.79 Å². The molecule has 1 saturated heterocycles. The normalized spacial score (nSPS) is 23.0. The first kappa shape index (κ1) is 15.7. The highest BCUT2D eigenvalue weighted by Gasteiger charge is 2.28. The molecule has 1 fully saturated rings. The first-order valence-corrected chi connectivity index (χ1v) is 9.32. The smallest absolute Gasteiger partial charge is 0.245 e. The van der Waals surface area contributed by atoms with Crippen LogP contribution in [-0.2, 0) is 22.4 Å². The van der Waals surface area contributed by atoms with Crippen LogP contribution in [0, 0.1) is 0 Å². The highest BCUT2D eigenvalue weighted by atomic mass is 32.1. The van der Waals surface area contributed by atoms with Crippen LogP contribution < -0.4 is 10.6 Å². The molecule has 6 heteroatoms. The summed E-state index contributed by atoms with van der Waals surface area (Å²) in [5.41, 5.74) is 4.94. The number of amides is 1. The number of ether oxygens (including phenoxy) is 1. The second-order valence-electron chi connectivity index (χ2n) is 6.37. The van der Waals surface area contributed by atoms with Gasteiger partial charge in [-0.2, -0.15) is 0 Å². The summed E-state index contributed by atoms with van der Waals surface area (Å²) < 4.78 is 5.53. The number of nitrogens with one attached hydrogen (secondary N) is 2. The molecule has 24 heavy (non-hydrogen) atoms. The third-order valence-electron chi connectivity index (χ3n) is 4.73. The van der Waals surface area contributed by atoms with Gasteiger partial charge in [-0.15, -0.1) is 11.3 Å². The molecular weight excluding hydrogens is 322 g/mol. The molecular formula is C18H21N3O2S. The summed E-state index contributed by atoms with van der Waals surface area (Å²) in [5, 5.41) is 8.74. The van der Waals surface area contributed by atoms with Gasteiger partial charge in [0.05, 0.1) is 18.4 Å². The number of thiazole rings is 1. The maximum absolute atomic E-state index is 12.4. The molecule has 5 nitrogen and oxygen atoms in total. The average molecular weight is 343 g/mol. The van der Waals surface area contributed by atoms with Gasteiger partial charge in [-0.3, -0.25) is 4.79 Å². The van der Waals surface area contributed by atoms with Crippen LogP contribution in [0.25, 0.3) is 11.3 Å². The fourth-order valence-corrected chi connectivity index (χ4v) is 4.13. The van der Waals surface area contributed by atoms with Gasteiger partial charge in [0.1, 0.15) is 6.04 Å². The molecule has 0 unspecified atom stereocenters. The van der Waals surface area contributed by atoms with Gasteiger partial charge in [0.15, 0.2) is 5.13 Å². The molecule has 1 aliphatic heterocycles. The molecule has 4 rings (SSSR count). The number of morpholine rings is 1. The Hall–Kier alpha value is -1.76. The summed E-state index contributed by atoms with van der Waals surface area (Å²) in [6, 6.07) is 6.25. The maximum Gasteiger partial charge on any atom is 0.245 e. The van der Waals surface area contributed by atoms with Crippen molar-refractivity contribution < 1.29 is 9.53 Å². The first-order chi connectivity index (χ1) is 11.7. The van der Waals surface area contributed by atoms with E-state index in [0.717, 1.165) is 17.7 Å². The van der Waals surface area contributed by atoms with Crippen LogP contribution in [0.3, 0.4) is 0 Å². The fourth-order valence-electron chi connectivity index (χ4n) is 3.41. The zero-order valence-corrected chi connectivity index (χ0v) is 14.5. The Labute approximate surface area is 145 Å². The largest absolute Gasteiger partial charge is 0.375 e. The van der Waals surface area contributed by atoms with Gasteiger partial charge < -0.3 is 15.4 Å². The van der Waals surface area contributed by atoms with Crippen LogP contribution in [0.5, 0.6) is 0 Å². The number of hydrogen-bond donors (Lipinski definition) is 2. The highest BCUT2D eigenvalue weighted by Crippen LogP contribution is 2.30. The SMILES string of the molecule is C[C@H]1OCCN[C@@H]1C(=O)Nc1nc(-c2ccc3c(c2)CCC3)cs1. The van der Waals surface area contributed by atoms with Gasteiger partial charge in [0, 0.05) is 17.5 Å². The Kier molecular flexibility index (Phi) is 4.35. The van der Waals surface area contributed by atoms with Crippen molar-refractivity contribution in [3.05, 3.63) is 34.7 Å². The maximum atomic E-state index is 12.4. The van der Waals surface area contributed by atoms with Crippen molar-refractivity contribution in [3.63, 3.8) is 0 Å². The lowest BCUT2D eigenvalue weighted by Gasteiger charge is -2.28. The lowest BCUT2D eigenvalue weighted by atomic mass is 10.1. The van der Waals surface area contributed by atoms with Crippen LogP contribution in [-0.4, -0.2) is 36.2 Å². The molecule has 2 atom stereocenters. The summed E-state index contributed by atoms with van der Waals surface area (Å²) in [4.78, 5) is 17.0. The third-order valence-corrected chi connectivity index (χ3v) is 5.49. The van der Waals surface area contributed by atoms with Crippen LogP contribution in [0.15, 0.2) is 23.6 Å². The molecule has 2 aromatic rings. The van der Waals surface area contributed by atoms with Gasteiger partial charge in [0.2, 0.25) is 5.91 Å². The quantitative estimate of drug-likeness (QED) is 0.899. The minimum Gasteiger partial charge on any atom is -0.375 e. The molecule has 0 spiro atoms. The Bertz CT molecular complexity index is 758. The summed E-state index contributed by atoms with van der Waals surface area (Å²) in [6.45, 7) is 3.25. The van der Waals surface area contributed by atoms with E-state index in [4.69, 9.17) is 4.74 Å². The zero-order valence-electron chi connectivity index (χ0n) is 13.7. The number of aromatic nitrogens is 1. The lowest BCUT2D eigenvalue weighted by molar-refractivity contribution is -0.123. The topological polar surface area (TPSA) is 63.2 Å². The zero-order chi connectivity index (χ0) is 16.5. The van der Waals surface area contributed by atoms with Gasteiger partial charge in [-0.25, -0.2) is 4.98 Å². The predicted octanol–water partition coefficient (Wildman–Crippen LogP) is 2.61. The van der Waals surface area contributed by atoms with Crippen molar-refractivity contribution >= 4 is 22.4 Å². The minimum absolute atomic E-state index is 0.0861. The molecule has 0 bridgehead atoms. The second kappa shape index (κ2) is 6.63. The molecule has 1 aromatic heterocycles. The van der Waals surface area contributed by atoms with Crippen molar-refractivity contribution in [3.8, 4) is 11.3 Å². The van der Waals surface area contributed by atoms with Crippen LogP contribution in [0.4, 0.5) is 5.13 Å². The van der Waals surface area contributed by atoms with E-state index in [2.05, 4.69) is 33.8 Å². The Morgan fingerprint density at radius 2 is 2.25 bits per heavy atom. The Balaban J connectivity index is 1.47. The molecule has 0 saturated carbocycles. The molecule has 1 aromatic carbocycles. The molecule has 2 aliphatic rings. The van der Waals surface area contributed by atoms with Crippen molar-refractivity contribution in [2.45, 2.75) is 38.3 Å². The summed E-state index contributed by atoms with van der Waals surface area (Å²) in [5.74, 6) is -0.0861. The van der Waals surface area contributed by atoms with Crippen molar-refractivity contribution in [2.24, 2.45) is 0 Å². The average Bonchev–Trinajstić information content (AvgIpc) is 3.23. The van der Waals surface area contributed by atoms with E-state index in [-0.39, 0.29) is 18.1 Å². The van der Waals surface area contributed by atoms with E-state index in [0.29, 0.717) is 18.3 Å². The predicted molar refractivity (Wildman–Crippen MR) is 95.4 cm³/mol. The Morgan fingerprint density at radius 1 is 1.38 bits per heavy atom. The monoisotopic (exact) mass is 343 g/mol. The standard InChI is InChI=1S/C18H21N3O2S/c1-11-16(19-7-8-23-11)17(22)21-18-20-15(10-24-18)14-6-5-12-3-2-4-13(12)9-14/h5-6,9-11,16,19H,2-4,7-8H2,1H3,(H,20,21,22)/t11-,16+/m1/s1. The number of benzene rings is 1.